The molecule has 3 amide bonds. The fourth-order valence-electron chi connectivity index (χ4n) is 2.97. The van der Waals surface area contributed by atoms with Crippen LogP contribution in [-0.4, -0.2) is 33.1 Å². The molecule has 2 aliphatic heterocycles. The van der Waals surface area contributed by atoms with E-state index >= 15 is 0 Å². The normalized spacial score (nSPS) is 23.7. The van der Waals surface area contributed by atoms with Gasteiger partial charge in [0.25, 0.3) is 17.5 Å². The van der Waals surface area contributed by atoms with Gasteiger partial charge >= 0.3 is 0 Å². The van der Waals surface area contributed by atoms with Crippen molar-refractivity contribution in [1.82, 2.24) is 10.2 Å². The highest BCUT2D eigenvalue weighted by Crippen LogP contribution is 2.38. The average molecular weight is 321 g/mol. The largest absolute Gasteiger partial charge is 0.320 e. The third-order valence-electron chi connectivity index (χ3n) is 4.36. The Morgan fingerprint density at radius 3 is 2.65 bits per heavy atom. The molecule has 1 atom stereocenters. The van der Waals surface area contributed by atoms with Gasteiger partial charge in [-0.1, -0.05) is 0 Å². The molecule has 2 heterocycles. The predicted molar refractivity (Wildman–Crippen MR) is 73.7 cm³/mol. The molecule has 2 aliphatic rings. The molecule has 0 radical (unpaired) electrons. The first-order valence-corrected chi connectivity index (χ1v) is 6.87. The number of fused-ring (bicyclic) bond motifs is 1. The van der Waals surface area contributed by atoms with Gasteiger partial charge in [0.15, 0.2) is 0 Å². The molecular formula is C14H12FN3O5. The summed E-state index contributed by atoms with van der Waals surface area (Å²) in [5, 5.41) is 13.2. The number of amides is 3. The van der Waals surface area contributed by atoms with Crippen LogP contribution in [0.25, 0.3) is 0 Å². The van der Waals surface area contributed by atoms with Gasteiger partial charge in [-0.05, 0) is 19.4 Å². The van der Waals surface area contributed by atoms with Crippen molar-refractivity contribution in [2.75, 3.05) is 0 Å². The van der Waals surface area contributed by atoms with E-state index in [0.717, 1.165) is 17.0 Å². The van der Waals surface area contributed by atoms with Gasteiger partial charge in [0.1, 0.15) is 11.4 Å². The Balaban J connectivity index is 2.04. The number of carbonyl (C=O) groups excluding carboxylic acids is 3. The molecule has 1 aromatic rings. The minimum Gasteiger partial charge on any atom is -0.320 e. The average Bonchev–Trinajstić information content (AvgIpc) is 2.80. The van der Waals surface area contributed by atoms with E-state index in [2.05, 4.69) is 5.32 Å². The molecule has 3 rings (SSSR count). The topological polar surface area (TPSA) is 110 Å². The molecule has 1 unspecified atom stereocenters. The highest BCUT2D eigenvalue weighted by molar-refractivity contribution is 6.07. The van der Waals surface area contributed by atoms with Crippen molar-refractivity contribution < 1.29 is 23.7 Å². The van der Waals surface area contributed by atoms with E-state index in [1.165, 1.54) is 6.92 Å². The predicted octanol–water partition coefficient (Wildman–Crippen LogP) is 0.885. The van der Waals surface area contributed by atoms with Crippen molar-refractivity contribution in [1.29, 1.82) is 0 Å². The number of carbonyl (C=O) groups is 3. The van der Waals surface area contributed by atoms with E-state index < -0.39 is 39.7 Å². The van der Waals surface area contributed by atoms with E-state index in [0.29, 0.717) is 0 Å². The number of hydrogen-bond donors (Lipinski definition) is 1. The number of halogens is 1. The Hall–Kier alpha value is -2.84. The lowest BCUT2D eigenvalue weighted by Crippen LogP contribution is -2.61. The molecule has 23 heavy (non-hydrogen) atoms. The number of imide groups is 1. The molecule has 120 valence electrons. The van der Waals surface area contributed by atoms with Crippen LogP contribution in [0.15, 0.2) is 12.1 Å². The van der Waals surface area contributed by atoms with Gasteiger partial charge in [0.05, 0.1) is 28.7 Å². The van der Waals surface area contributed by atoms with Crippen LogP contribution in [0.1, 0.15) is 35.7 Å². The lowest BCUT2D eigenvalue weighted by molar-refractivity contribution is -0.385. The van der Waals surface area contributed by atoms with E-state index in [9.17, 15) is 28.9 Å². The van der Waals surface area contributed by atoms with Gasteiger partial charge < -0.3 is 4.90 Å². The number of piperidine rings is 1. The second-order valence-corrected chi connectivity index (χ2v) is 5.75. The van der Waals surface area contributed by atoms with Crippen LogP contribution >= 0.6 is 0 Å². The number of benzene rings is 1. The molecule has 0 aromatic heterocycles. The SMILES string of the molecule is CC1(N2Cc3c(cc(F)cc3[N+](=O)[O-])C2=O)CCC(=O)NC1=O. The van der Waals surface area contributed by atoms with Crippen LogP contribution < -0.4 is 5.32 Å². The van der Waals surface area contributed by atoms with E-state index in [1.54, 1.807) is 0 Å². The summed E-state index contributed by atoms with van der Waals surface area (Å²) < 4.78 is 13.5. The third kappa shape index (κ3) is 2.16. The Bertz CT molecular complexity index is 778. The first-order chi connectivity index (χ1) is 10.7. The van der Waals surface area contributed by atoms with Gasteiger partial charge in [0.2, 0.25) is 5.91 Å². The van der Waals surface area contributed by atoms with Crippen molar-refractivity contribution in [3.8, 4) is 0 Å². The Labute approximate surface area is 129 Å². The number of nitrogens with zero attached hydrogens (tertiary/aromatic N) is 2. The minimum absolute atomic E-state index is 0.0544. The fraction of sp³-hybridized carbons (Fsp3) is 0.357. The Morgan fingerprint density at radius 2 is 2.04 bits per heavy atom. The van der Waals surface area contributed by atoms with Crippen molar-refractivity contribution in [3.63, 3.8) is 0 Å². The lowest BCUT2D eigenvalue weighted by atomic mass is 9.89. The fourth-order valence-corrected chi connectivity index (χ4v) is 2.97. The number of hydrogen-bond acceptors (Lipinski definition) is 5. The summed E-state index contributed by atoms with van der Waals surface area (Å²) in [5.41, 5.74) is -1.85. The molecule has 1 saturated heterocycles. The zero-order valence-corrected chi connectivity index (χ0v) is 12.1. The molecule has 9 heteroatoms. The zero-order chi connectivity index (χ0) is 16.9. The summed E-state index contributed by atoms with van der Waals surface area (Å²) >= 11 is 0. The standard InChI is InChI=1S/C14H12FN3O5/c1-14(3-2-11(19)16-13(14)21)17-6-9-8(12(17)20)4-7(15)5-10(9)18(22)23/h4-5H,2-3,6H2,1H3,(H,16,19,21). The number of nitro benzene ring substituents is 1. The van der Waals surface area contributed by atoms with Crippen molar-refractivity contribution >= 4 is 23.4 Å². The monoisotopic (exact) mass is 321 g/mol. The smallest absolute Gasteiger partial charge is 0.278 e. The highest BCUT2D eigenvalue weighted by Gasteiger charge is 2.49. The molecule has 0 spiro atoms. The van der Waals surface area contributed by atoms with Gasteiger partial charge in [-0.3, -0.25) is 29.8 Å². The maximum absolute atomic E-state index is 13.5. The van der Waals surface area contributed by atoms with Crippen molar-refractivity contribution in [2.24, 2.45) is 0 Å². The molecule has 0 bridgehead atoms. The van der Waals surface area contributed by atoms with Crippen LogP contribution in [0, 0.1) is 15.9 Å². The summed E-state index contributed by atoms with van der Waals surface area (Å²) in [7, 11) is 0. The molecule has 0 saturated carbocycles. The lowest BCUT2D eigenvalue weighted by Gasteiger charge is -2.39. The highest BCUT2D eigenvalue weighted by atomic mass is 19.1. The van der Waals surface area contributed by atoms with Crippen LogP contribution in [0.4, 0.5) is 10.1 Å². The summed E-state index contributed by atoms with van der Waals surface area (Å²) in [6, 6.07) is 1.68. The van der Waals surface area contributed by atoms with Crippen LogP contribution in [-0.2, 0) is 16.1 Å². The molecule has 1 N–H and O–H groups in total. The molecule has 0 aliphatic carbocycles. The maximum Gasteiger partial charge on any atom is 0.278 e. The Kier molecular flexibility index (Phi) is 3.17. The van der Waals surface area contributed by atoms with Crippen LogP contribution in [0.5, 0.6) is 0 Å². The minimum atomic E-state index is -1.31. The van der Waals surface area contributed by atoms with E-state index in [4.69, 9.17) is 0 Å². The molecule has 8 nitrogen and oxygen atoms in total. The molecular weight excluding hydrogens is 309 g/mol. The van der Waals surface area contributed by atoms with Crippen LogP contribution in [0.3, 0.4) is 0 Å². The molecule has 1 fully saturated rings. The van der Waals surface area contributed by atoms with E-state index in [-0.39, 0.29) is 30.5 Å². The van der Waals surface area contributed by atoms with Gasteiger partial charge in [0, 0.05) is 6.42 Å². The number of rotatable bonds is 2. The summed E-state index contributed by atoms with van der Waals surface area (Å²) in [6.07, 6.45) is 0.159. The van der Waals surface area contributed by atoms with Gasteiger partial charge in [-0.15, -0.1) is 0 Å². The van der Waals surface area contributed by atoms with Gasteiger partial charge in [-0.2, -0.15) is 0 Å². The Morgan fingerprint density at radius 1 is 1.35 bits per heavy atom. The zero-order valence-electron chi connectivity index (χ0n) is 12.1. The van der Waals surface area contributed by atoms with Crippen molar-refractivity contribution in [3.05, 3.63) is 39.2 Å². The first-order valence-electron chi connectivity index (χ1n) is 6.87. The second kappa shape index (κ2) is 4.83. The van der Waals surface area contributed by atoms with Crippen molar-refractivity contribution in [2.45, 2.75) is 31.8 Å². The van der Waals surface area contributed by atoms with Gasteiger partial charge in [-0.25, -0.2) is 4.39 Å². The summed E-state index contributed by atoms with van der Waals surface area (Å²) in [6.45, 7) is 1.31. The quantitative estimate of drug-likeness (QED) is 0.494. The van der Waals surface area contributed by atoms with E-state index in [1.807, 2.05) is 0 Å². The first kappa shape index (κ1) is 15.1. The van der Waals surface area contributed by atoms with Crippen LogP contribution in [0.2, 0.25) is 0 Å². The second-order valence-electron chi connectivity index (χ2n) is 5.75. The summed E-state index contributed by atoms with van der Waals surface area (Å²) in [5.74, 6) is -2.62. The molecule has 1 aromatic carbocycles. The summed E-state index contributed by atoms with van der Waals surface area (Å²) in [4.78, 5) is 47.5. The number of nitro groups is 1. The third-order valence-corrected chi connectivity index (χ3v) is 4.36. The maximum atomic E-state index is 13.5. The number of nitrogens with one attached hydrogen (secondary N) is 1.